The topological polar surface area (TPSA) is 59.8 Å². The molecule has 0 aliphatic heterocycles. The summed E-state index contributed by atoms with van der Waals surface area (Å²) in [5.41, 5.74) is 2.94. The molecule has 0 saturated heterocycles. The minimum Gasteiger partial charge on any atom is -0.325 e. The van der Waals surface area contributed by atoms with Gasteiger partial charge >= 0.3 is 0 Å². The molecule has 5 nitrogen and oxygen atoms in total. The molecule has 2 aromatic rings. The minimum absolute atomic E-state index is 0.0493. The molecular weight excluding hydrogens is 412 g/mol. The second-order valence-corrected chi connectivity index (χ2v) is 8.01. The van der Waals surface area contributed by atoms with Crippen molar-refractivity contribution >= 4 is 39.3 Å². The fourth-order valence-corrected chi connectivity index (χ4v) is 4.12. The molecule has 0 radical (unpaired) electrons. The monoisotopic (exact) mass is 436 g/mol. The molecule has 1 aromatic carbocycles. The number of carbonyl (C=O) groups is 1. The minimum atomic E-state index is -0.0493. The van der Waals surface area contributed by atoms with Crippen LogP contribution in [0.3, 0.4) is 0 Å². The van der Waals surface area contributed by atoms with Crippen LogP contribution in [0.5, 0.6) is 0 Å². The van der Waals surface area contributed by atoms with E-state index in [2.05, 4.69) is 44.9 Å². The van der Waals surface area contributed by atoms with Crippen LogP contribution in [0.4, 0.5) is 5.69 Å². The lowest BCUT2D eigenvalue weighted by Crippen LogP contribution is -2.16. The Hall–Kier alpha value is -1.60. The van der Waals surface area contributed by atoms with E-state index in [-0.39, 0.29) is 11.7 Å². The zero-order valence-corrected chi connectivity index (χ0v) is 17.9. The van der Waals surface area contributed by atoms with Crippen molar-refractivity contribution in [1.82, 2.24) is 14.8 Å². The first-order valence-corrected chi connectivity index (χ1v) is 10.5. The smallest absolute Gasteiger partial charge is 0.234 e. The zero-order valence-electron chi connectivity index (χ0n) is 15.5. The van der Waals surface area contributed by atoms with Crippen LogP contribution in [0, 0.1) is 13.8 Å². The molecule has 0 aliphatic rings. The number of aryl methyl sites for hydroxylation is 3. The number of thioether (sulfide) groups is 1. The summed E-state index contributed by atoms with van der Waals surface area (Å²) in [4.78, 5) is 12.4. The lowest BCUT2D eigenvalue weighted by molar-refractivity contribution is -0.113. The summed E-state index contributed by atoms with van der Waals surface area (Å²) >= 11 is 4.88. The Bertz CT molecular complexity index is 765. The summed E-state index contributed by atoms with van der Waals surface area (Å²) in [5, 5.41) is 12.3. The largest absolute Gasteiger partial charge is 0.325 e. The van der Waals surface area contributed by atoms with Crippen LogP contribution in [0.1, 0.15) is 36.7 Å². The summed E-state index contributed by atoms with van der Waals surface area (Å²) in [6.45, 7) is 10.6. The molecule has 0 saturated carbocycles. The number of amides is 1. The fourth-order valence-electron chi connectivity index (χ4n) is 2.67. The first-order valence-electron chi connectivity index (χ1n) is 8.68. The van der Waals surface area contributed by atoms with Gasteiger partial charge in [-0.2, -0.15) is 0 Å². The number of rotatable bonds is 9. The van der Waals surface area contributed by atoms with Gasteiger partial charge in [-0.15, -0.1) is 16.8 Å². The van der Waals surface area contributed by atoms with Gasteiger partial charge in [0.2, 0.25) is 5.91 Å². The third kappa shape index (κ3) is 5.45. The van der Waals surface area contributed by atoms with Gasteiger partial charge < -0.3 is 9.88 Å². The van der Waals surface area contributed by atoms with E-state index in [0.29, 0.717) is 6.54 Å². The highest BCUT2D eigenvalue weighted by atomic mass is 79.9. The van der Waals surface area contributed by atoms with Gasteiger partial charge in [0.25, 0.3) is 0 Å². The molecule has 140 valence electrons. The SMILES string of the molecule is C=CCn1c(CCCC)nnc1SCC(=O)Nc1c(C)cc(Br)cc1C. The van der Waals surface area contributed by atoms with Gasteiger partial charge in [0.1, 0.15) is 5.82 Å². The van der Waals surface area contributed by atoms with E-state index in [9.17, 15) is 4.79 Å². The normalized spacial score (nSPS) is 10.8. The highest BCUT2D eigenvalue weighted by molar-refractivity contribution is 9.10. The molecular formula is C19H25BrN4OS. The molecule has 0 aliphatic carbocycles. The lowest BCUT2D eigenvalue weighted by Gasteiger charge is -2.12. The molecule has 0 atom stereocenters. The van der Waals surface area contributed by atoms with Crippen molar-refractivity contribution in [2.24, 2.45) is 0 Å². The number of unbranched alkanes of at least 4 members (excludes halogenated alkanes) is 1. The summed E-state index contributed by atoms with van der Waals surface area (Å²) in [6.07, 6.45) is 4.90. The molecule has 1 aromatic heterocycles. The number of anilines is 1. The maximum Gasteiger partial charge on any atom is 0.234 e. The Morgan fingerprint density at radius 3 is 2.65 bits per heavy atom. The van der Waals surface area contributed by atoms with Crippen molar-refractivity contribution in [2.45, 2.75) is 51.7 Å². The van der Waals surface area contributed by atoms with E-state index in [1.165, 1.54) is 11.8 Å². The Labute approximate surface area is 167 Å². The van der Waals surface area contributed by atoms with Crippen LogP contribution in [0.25, 0.3) is 0 Å². The number of allylic oxidation sites excluding steroid dienone is 1. The molecule has 2 rings (SSSR count). The zero-order chi connectivity index (χ0) is 19.1. The van der Waals surface area contributed by atoms with Gasteiger partial charge in [-0.3, -0.25) is 4.79 Å². The third-order valence-electron chi connectivity index (χ3n) is 3.95. The van der Waals surface area contributed by atoms with E-state index in [1.54, 1.807) is 0 Å². The number of aromatic nitrogens is 3. The average Bonchev–Trinajstić information content (AvgIpc) is 2.96. The average molecular weight is 437 g/mol. The Morgan fingerprint density at radius 2 is 2.04 bits per heavy atom. The van der Waals surface area contributed by atoms with Crippen molar-refractivity contribution in [3.8, 4) is 0 Å². The Balaban J connectivity index is 2.03. The third-order valence-corrected chi connectivity index (χ3v) is 5.38. The van der Waals surface area contributed by atoms with Gasteiger partial charge in [-0.05, 0) is 43.5 Å². The first kappa shape index (κ1) is 20.7. The summed E-state index contributed by atoms with van der Waals surface area (Å²) in [7, 11) is 0. The van der Waals surface area contributed by atoms with Crippen LogP contribution in [0.15, 0.2) is 34.4 Å². The van der Waals surface area contributed by atoms with Crippen molar-refractivity contribution < 1.29 is 4.79 Å². The number of hydrogen-bond acceptors (Lipinski definition) is 4. The fraction of sp³-hybridized carbons (Fsp3) is 0.421. The Kier molecular flexibility index (Phi) is 7.90. The highest BCUT2D eigenvalue weighted by Crippen LogP contribution is 2.26. The number of hydrogen-bond donors (Lipinski definition) is 1. The molecule has 1 heterocycles. The maximum absolute atomic E-state index is 12.4. The van der Waals surface area contributed by atoms with Crippen LogP contribution in [-0.2, 0) is 17.8 Å². The van der Waals surface area contributed by atoms with Gasteiger partial charge in [0.05, 0.1) is 5.75 Å². The second-order valence-electron chi connectivity index (χ2n) is 6.15. The predicted molar refractivity (Wildman–Crippen MR) is 112 cm³/mol. The molecule has 0 bridgehead atoms. The lowest BCUT2D eigenvalue weighted by atomic mass is 10.1. The van der Waals surface area contributed by atoms with E-state index in [4.69, 9.17) is 0 Å². The number of carbonyl (C=O) groups excluding carboxylic acids is 1. The molecule has 26 heavy (non-hydrogen) atoms. The maximum atomic E-state index is 12.4. The molecule has 0 spiro atoms. The number of halogens is 1. The van der Waals surface area contributed by atoms with Crippen LogP contribution in [0.2, 0.25) is 0 Å². The predicted octanol–water partition coefficient (Wildman–Crippen LogP) is 4.92. The van der Waals surface area contributed by atoms with Crippen molar-refractivity contribution in [2.75, 3.05) is 11.1 Å². The van der Waals surface area contributed by atoms with Crippen molar-refractivity contribution in [3.63, 3.8) is 0 Å². The number of nitrogens with zero attached hydrogens (tertiary/aromatic N) is 3. The van der Waals surface area contributed by atoms with Crippen molar-refractivity contribution in [3.05, 3.63) is 46.2 Å². The van der Waals surface area contributed by atoms with Crippen molar-refractivity contribution in [1.29, 1.82) is 0 Å². The number of benzene rings is 1. The van der Waals surface area contributed by atoms with Crippen LogP contribution >= 0.6 is 27.7 Å². The molecule has 7 heteroatoms. The van der Waals surface area contributed by atoms with Crippen LogP contribution < -0.4 is 5.32 Å². The Morgan fingerprint density at radius 1 is 1.35 bits per heavy atom. The van der Waals surface area contributed by atoms with Gasteiger partial charge in [0, 0.05) is 23.1 Å². The van der Waals surface area contributed by atoms with E-state index >= 15 is 0 Å². The van der Waals surface area contributed by atoms with Gasteiger partial charge in [-0.1, -0.05) is 47.1 Å². The summed E-state index contributed by atoms with van der Waals surface area (Å²) in [5.74, 6) is 1.19. The molecule has 0 unspecified atom stereocenters. The quantitative estimate of drug-likeness (QED) is 0.447. The highest BCUT2D eigenvalue weighted by Gasteiger charge is 2.14. The second kappa shape index (κ2) is 9.92. The summed E-state index contributed by atoms with van der Waals surface area (Å²) < 4.78 is 3.05. The van der Waals surface area contributed by atoms with E-state index in [1.807, 2.05) is 36.6 Å². The molecule has 1 N–H and O–H groups in total. The van der Waals surface area contributed by atoms with Crippen LogP contribution in [-0.4, -0.2) is 26.4 Å². The van der Waals surface area contributed by atoms with Gasteiger partial charge in [-0.25, -0.2) is 0 Å². The number of nitrogens with one attached hydrogen (secondary N) is 1. The first-order chi connectivity index (χ1) is 12.5. The standard InChI is InChI=1S/C19H25BrN4OS/c1-5-7-8-16-22-23-19(24(16)9-6-2)26-12-17(25)21-18-13(3)10-15(20)11-14(18)4/h6,10-11H,2,5,7-9,12H2,1,3-4H3,(H,21,25). The van der Waals surface area contributed by atoms with E-state index < -0.39 is 0 Å². The summed E-state index contributed by atoms with van der Waals surface area (Å²) in [6, 6.07) is 3.99. The molecule has 1 amide bonds. The molecule has 0 fully saturated rings. The van der Waals surface area contributed by atoms with E-state index in [0.717, 1.165) is 51.5 Å². The van der Waals surface area contributed by atoms with Gasteiger partial charge in [0.15, 0.2) is 5.16 Å².